The molecule has 0 aromatic heterocycles. The summed E-state index contributed by atoms with van der Waals surface area (Å²) < 4.78 is 0. The third-order valence-corrected chi connectivity index (χ3v) is 40.8. The molecule has 3 aliphatic heterocycles. The Labute approximate surface area is 624 Å². The Morgan fingerprint density at radius 2 is 0.634 bits per heavy atom. The number of fused-ring (bicyclic) bond motifs is 9. The molecular weight excluding hydrogens is 1220 g/mol. The summed E-state index contributed by atoms with van der Waals surface area (Å²) >= 11 is 0. The summed E-state index contributed by atoms with van der Waals surface area (Å²) in [5, 5.41) is 0. The molecule has 3 saturated heterocycles. The van der Waals surface area contributed by atoms with E-state index in [1.165, 1.54) is 12.8 Å². The van der Waals surface area contributed by atoms with Crippen molar-refractivity contribution in [1.82, 2.24) is 14.7 Å². The molecule has 19 unspecified atom stereocenters. The van der Waals surface area contributed by atoms with E-state index in [4.69, 9.17) is 0 Å². The third kappa shape index (κ3) is 12.7. The van der Waals surface area contributed by atoms with Crippen molar-refractivity contribution in [1.29, 1.82) is 0 Å². The molecule has 17 saturated carbocycles. The number of rotatable bonds is 10. The largest absolute Gasteiger partial charge is 0.295 e. The minimum Gasteiger partial charge on any atom is -0.295 e. The number of likely N-dealkylation sites (tertiary alicyclic amines) is 1. The molecule has 29 atom stereocenters. The van der Waals surface area contributed by atoms with Gasteiger partial charge in [-0.05, 0) is 300 Å². The number of nitrogens with zero attached hydrogens (tertiary/aromatic N) is 3. The molecular formula is C97H160BN3. The fraction of sp³-hybridized carbons (Fsp3) is 1.00. The lowest BCUT2D eigenvalue weighted by molar-refractivity contribution is -0.160. The first-order chi connectivity index (χ1) is 49.8. The highest BCUT2D eigenvalue weighted by atomic mass is 15.3. The molecule has 0 N–H and O–H groups in total. The smallest absolute Gasteiger partial charge is 0.156 e. The van der Waals surface area contributed by atoms with Gasteiger partial charge >= 0.3 is 0 Å². The van der Waals surface area contributed by atoms with E-state index >= 15 is 0 Å². The van der Waals surface area contributed by atoms with Gasteiger partial charge in [0.25, 0.3) is 0 Å². The van der Waals surface area contributed by atoms with Gasteiger partial charge < -0.3 is 0 Å². The Morgan fingerprint density at radius 1 is 0.248 bits per heavy atom. The molecule has 0 spiro atoms. The van der Waals surface area contributed by atoms with E-state index in [9.17, 15) is 0 Å². The molecule has 20 aliphatic rings. The first-order valence-corrected chi connectivity index (χ1v) is 49.1. The molecule has 566 valence electrons. The predicted octanol–water partition coefficient (Wildman–Crippen LogP) is 25.9. The summed E-state index contributed by atoms with van der Waals surface area (Å²) in [6, 6.07) is 7.98. The molecule has 20 rings (SSSR count). The van der Waals surface area contributed by atoms with Crippen molar-refractivity contribution in [3.05, 3.63) is 0 Å². The summed E-state index contributed by atoms with van der Waals surface area (Å²) in [7, 11) is 0. The highest BCUT2D eigenvalue weighted by molar-refractivity contribution is 6.65. The van der Waals surface area contributed by atoms with Crippen LogP contribution >= 0.6 is 0 Å². The standard InChI is InChI=1S/C97H160BN3/c1-97(2,3)70-50-47-62(48-51-70)57-63-58-90-94-91(59-63)101(96-75(66-29-12-6-13-30-66)39-23-40-76(96)67-31-14-7-15-32-67)89-61-71(99-86-45-18-16-35-77(86)78-36-17-19-46-87(78)99)52-56-85(89)98(94)84-55-49-69(72-53-54-83-81-42-21-34-68-33-20-41-80(92(68)81)82-44-24-43-79(72)93(82)83)60-88(84)100(90)95-73(64-25-8-4-9-26-64)37-22-38-74(95)65-27-10-5-11-28-65/h62-96H,4-61H2,1-3H3/t62?,63?,68-,69?,70?,71-,72?,73+,74?,75+,76?,77-,78?,79?,80?,81-,82?,83?,84?,85+,86?,87+,88?,89?,90?,91?,92?,93-,94-,95?,96?/m0/s1. The van der Waals surface area contributed by atoms with E-state index in [1.54, 1.807) is 360 Å². The maximum absolute atomic E-state index is 4.02. The molecule has 0 aromatic carbocycles. The second-order valence-electron chi connectivity index (χ2n) is 45.2. The van der Waals surface area contributed by atoms with Crippen molar-refractivity contribution in [3.63, 3.8) is 0 Å². The first-order valence-electron chi connectivity index (χ1n) is 49.1. The van der Waals surface area contributed by atoms with Crippen LogP contribution in [0.1, 0.15) is 393 Å². The van der Waals surface area contributed by atoms with Crippen molar-refractivity contribution in [2.75, 3.05) is 0 Å². The van der Waals surface area contributed by atoms with E-state index in [2.05, 4.69) is 35.5 Å². The molecule has 101 heavy (non-hydrogen) atoms. The van der Waals surface area contributed by atoms with Crippen LogP contribution in [0, 0.1) is 142 Å². The van der Waals surface area contributed by atoms with E-state index in [0.717, 1.165) is 215 Å². The van der Waals surface area contributed by atoms with Crippen LogP contribution < -0.4 is 0 Å². The predicted molar refractivity (Wildman–Crippen MR) is 424 cm³/mol. The van der Waals surface area contributed by atoms with E-state index in [1.807, 2.05) is 0 Å². The normalized spacial score (nSPS) is 51.5. The van der Waals surface area contributed by atoms with Crippen LogP contribution in [0.4, 0.5) is 0 Å². The molecule has 3 nitrogen and oxygen atoms in total. The highest BCUT2D eigenvalue weighted by Gasteiger charge is 2.70. The fourth-order valence-electron chi connectivity index (χ4n) is 37.7. The van der Waals surface area contributed by atoms with Gasteiger partial charge in [-0.1, -0.05) is 252 Å². The van der Waals surface area contributed by atoms with E-state index < -0.39 is 0 Å². The molecule has 17 aliphatic carbocycles. The second kappa shape index (κ2) is 29.9. The fourth-order valence-corrected chi connectivity index (χ4v) is 37.7. The Kier molecular flexibility index (Phi) is 20.7. The van der Waals surface area contributed by atoms with Gasteiger partial charge in [-0.25, -0.2) is 0 Å². The molecule has 20 fully saturated rings. The van der Waals surface area contributed by atoms with Crippen LogP contribution in [0.3, 0.4) is 0 Å². The monoisotopic (exact) mass is 1380 g/mol. The molecule has 4 heteroatoms. The average Bonchev–Trinajstić information content (AvgIpc) is 1.67. The second-order valence-corrected chi connectivity index (χ2v) is 45.2. The van der Waals surface area contributed by atoms with Crippen molar-refractivity contribution in [2.45, 2.75) is 465 Å². The Hall–Kier alpha value is -0.0551. The maximum Gasteiger partial charge on any atom is 0.156 e. The Balaban J connectivity index is 0.743. The van der Waals surface area contributed by atoms with Gasteiger partial charge in [0, 0.05) is 54.4 Å². The zero-order chi connectivity index (χ0) is 67.0. The summed E-state index contributed by atoms with van der Waals surface area (Å²) in [6.45, 7) is 8.89. The van der Waals surface area contributed by atoms with E-state index in [-0.39, 0.29) is 0 Å². The average molecular weight is 1380 g/mol. The van der Waals surface area contributed by atoms with Crippen LogP contribution in [0.2, 0.25) is 17.5 Å². The van der Waals surface area contributed by atoms with Crippen molar-refractivity contribution in [3.8, 4) is 0 Å². The van der Waals surface area contributed by atoms with Gasteiger partial charge in [0.2, 0.25) is 0 Å². The Morgan fingerprint density at radius 3 is 1.13 bits per heavy atom. The lowest BCUT2D eigenvalue weighted by Gasteiger charge is -2.72. The van der Waals surface area contributed by atoms with Crippen LogP contribution in [-0.4, -0.2) is 75.8 Å². The summed E-state index contributed by atoms with van der Waals surface area (Å²) in [5.74, 6) is 26.8. The lowest BCUT2D eigenvalue weighted by atomic mass is 9.18. The summed E-state index contributed by atoms with van der Waals surface area (Å²) in [5.41, 5.74) is 0.469. The third-order valence-electron chi connectivity index (χ3n) is 40.8. The zero-order valence-corrected chi connectivity index (χ0v) is 66.6. The lowest BCUT2D eigenvalue weighted by Crippen LogP contribution is -2.77. The van der Waals surface area contributed by atoms with Gasteiger partial charge in [-0.3, -0.25) is 14.7 Å². The van der Waals surface area contributed by atoms with E-state index in [0.29, 0.717) is 5.41 Å². The van der Waals surface area contributed by atoms with Gasteiger partial charge in [-0.15, -0.1) is 0 Å². The van der Waals surface area contributed by atoms with Crippen LogP contribution in [0.25, 0.3) is 0 Å². The van der Waals surface area contributed by atoms with Crippen molar-refractivity contribution >= 4 is 6.71 Å². The van der Waals surface area contributed by atoms with Crippen molar-refractivity contribution in [2.24, 2.45) is 142 Å². The maximum atomic E-state index is 4.02. The minimum atomic E-state index is 0.469. The minimum absolute atomic E-state index is 0.469. The van der Waals surface area contributed by atoms with Gasteiger partial charge in [0.1, 0.15) is 0 Å². The molecule has 0 aromatic rings. The van der Waals surface area contributed by atoms with Gasteiger partial charge in [-0.2, -0.15) is 0 Å². The molecule has 3 heterocycles. The first kappa shape index (κ1) is 70.1. The van der Waals surface area contributed by atoms with Crippen LogP contribution in [-0.2, 0) is 0 Å². The van der Waals surface area contributed by atoms with Gasteiger partial charge in [0.05, 0.1) is 0 Å². The SMILES string of the molecule is CC(C)(C)C1CCC(CC2CC3[C@@H]4B(C5CCC(C6CCC7[C@@H]8CCC[C@@H]9CCCC(C98)C8CCCC6[C@@H]87)CC5N3C3C(C5CCCCC5)CCC[C@@H]3C3CCCCC3)[C@@H]3CC[C@H](N5C6CCCC[C@H]6C6CCCC[C@H]65)CC3N(C3C(C5CCCCC5)CCC[C@@H]3C3CCCCC3)C4C2)CC1. The topological polar surface area (TPSA) is 9.72 Å². The van der Waals surface area contributed by atoms with Crippen LogP contribution in [0.5, 0.6) is 0 Å². The summed E-state index contributed by atoms with van der Waals surface area (Å²) in [6.07, 6.45) is 92.5. The van der Waals surface area contributed by atoms with Gasteiger partial charge in [0.15, 0.2) is 6.71 Å². The summed E-state index contributed by atoms with van der Waals surface area (Å²) in [4.78, 5) is 11.6. The zero-order valence-electron chi connectivity index (χ0n) is 66.6. The quantitative estimate of drug-likeness (QED) is 0.202. The number of hydrogen-bond acceptors (Lipinski definition) is 3. The van der Waals surface area contributed by atoms with Crippen LogP contribution in [0.15, 0.2) is 0 Å². The molecule has 0 bridgehead atoms. The molecule has 0 amide bonds. The van der Waals surface area contributed by atoms with Crippen molar-refractivity contribution < 1.29 is 0 Å². The number of hydrogen-bond donors (Lipinski definition) is 0. The highest BCUT2D eigenvalue weighted by Crippen LogP contribution is 2.71. The Bertz CT molecular complexity index is 2610. The molecule has 0 radical (unpaired) electrons.